The molecule has 1 aliphatic heterocycles. The Morgan fingerprint density at radius 1 is 1.20 bits per heavy atom. The third-order valence-corrected chi connectivity index (χ3v) is 9.35. The number of methoxy groups -OCH3 is 1. The number of hydrogen-bond acceptors (Lipinski definition) is 10. The molecule has 2 N–H and O–H groups in total. The van der Waals surface area contributed by atoms with Crippen molar-refractivity contribution < 1.29 is 37.9 Å². The molecular weight excluding hydrogens is 581 g/mol. The number of amides is 2. The van der Waals surface area contributed by atoms with Crippen molar-refractivity contribution in [3.8, 4) is 11.5 Å². The third-order valence-electron chi connectivity index (χ3n) is 9.35. The summed E-state index contributed by atoms with van der Waals surface area (Å²) in [6.07, 6.45) is 3.14. The molecule has 244 valence electrons. The average molecular weight is 626 g/mol. The zero-order valence-corrected chi connectivity index (χ0v) is 27.3. The monoisotopic (exact) mass is 625 g/mol. The Labute approximate surface area is 264 Å². The Balaban J connectivity index is 1.33. The van der Waals surface area contributed by atoms with Crippen LogP contribution in [-0.4, -0.2) is 77.0 Å². The quantitative estimate of drug-likeness (QED) is 0.229. The number of carbonyl (C=O) groups excluding carboxylic acids is 3. The van der Waals surface area contributed by atoms with E-state index in [4.69, 9.17) is 23.5 Å². The minimum Gasteiger partial charge on any atom is -0.493 e. The van der Waals surface area contributed by atoms with Crippen molar-refractivity contribution in [3.05, 3.63) is 35.7 Å². The molecule has 4 aliphatic rings. The molecule has 2 heterocycles. The number of nitrogens with zero attached hydrogens (tertiary/aromatic N) is 3. The molecule has 2 amide bonds. The highest BCUT2D eigenvalue weighted by Crippen LogP contribution is 2.65. The van der Waals surface area contributed by atoms with Crippen molar-refractivity contribution in [2.45, 2.75) is 97.5 Å². The average Bonchev–Trinajstić information content (AvgIpc) is 3.55. The largest absolute Gasteiger partial charge is 0.493 e. The van der Waals surface area contributed by atoms with Crippen LogP contribution < -0.4 is 20.1 Å². The van der Waals surface area contributed by atoms with Crippen LogP contribution in [0.25, 0.3) is 0 Å². The molecule has 1 aromatic heterocycles. The van der Waals surface area contributed by atoms with Gasteiger partial charge in [0.2, 0.25) is 0 Å². The van der Waals surface area contributed by atoms with E-state index in [-0.39, 0.29) is 42.5 Å². The van der Waals surface area contributed by atoms with Gasteiger partial charge in [-0.25, -0.2) is 9.48 Å². The number of alkyl carbamates (subject to hydrolysis) is 1. The Bertz CT molecular complexity index is 1440. The summed E-state index contributed by atoms with van der Waals surface area (Å²) < 4.78 is 31.0. The molecular formula is C31H44BN5O8. The molecule has 2 bridgehead atoms. The van der Waals surface area contributed by atoms with Crippen LogP contribution in [0.1, 0.15) is 77.4 Å². The fourth-order valence-corrected chi connectivity index (χ4v) is 7.05. The fraction of sp³-hybridized carbons (Fsp3) is 0.645. The first-order chi connectivity index (χ1) is 21.1. The molecule has 3 saturated carbocycles. The van der Waals surface area contributed by atoms with Crippen LogP contribution in [0.4, 0.5) is 4.79 Å². The molecule has 0 radical (unpaired) electrons. The predicted molar refractivity (Wildman–Crippen MR) is 164 cm³/mol. The van der Waals surface area contributed by atoms with Crippen molar-refractivity contribution in [1.82, 2.24) is 25.6 Å². The molecule has 6 rings (SSSR count). The van der Waals surface area contributed by atoms with Gasteiger partial charge in [-0.2, -0.15) is 0 Å². The number of nitrogens with one attached hydrogen (secondary N) is 2. The van der Waals surface area contributed by atoms with Gasteiger partial charge in [0.1, 0.15) is 5.60 Å². The number of benzene rings is 1. The van der Waals surface area contributed by atoms with E-state index in [1.54, 1.807) is 32.9 Å². The summed E-state index contributed by atoms with van der Waals surface area (Å²) in [5, 5.41) is 13.8. The minimum absolute atomic E-state index is 0.0914. The Hall–Kier alpha value is -3.65. The van der Waals surface area contributed by atoms with Crippen LogP contribution in [-0.2, 0) is 31.8 Å². The number of carbonyl (C=O) groups is 3. The molecule has 1 aromatic carbocycles. The van der Waals surface area contributed by atoms with E-state index in [2.05, 4.69) is 41.7 Å². The number of esters is 1. The normalized spacial score (nSPS) is 25.4. The van der Waals surface area contributed by atoms with E-state index in [0.717, 1.165) is 12.8 Å². The van der Waals surface area contributed by atoms with E-state index in [0.29, 0.717) is 23.1 Å². The maximum atomic E-state index is 13.6. The maximum Gasteiger partial charge on any atom is 0.482 e. The SMILES string of the molecule is COc1c(C[C@H](NC(=O)c2cn(CCNC(=O)OC(C)(C)C)nn2)B2O[C@@H]3C[C@@H]4C[C@@H](C4(C)C)[C@]3(C)O2)cccc1OC(C)=O. The summed E-state index contributed by atoms with van der Waals surface area (Å²) in [5.41, 5.74) is -0.137. The van der Waals surface area contributed by atoms with E-state index < -0.39 is 42.2 Å². The molecule has 2 aromatic rings. The smallest absolute Gasteiger partial charge is 0.482 e. The van der Waals surface area contributed by atoms with Crippen LogP contribution in [0.5, 0.6) is 11.5 Å². The van der Waals surface area contributed by atoms with Gasteiger partial charge in [-0.3, -0.25) is 9.59 Å². The number of rotatable bonds is 10. The summed E-state index contributed by atoms with van der Waals surface area (Å²) in [5.74, 6) is 0.00886. The van der Waals surface area contributed by atoms with E-state index in [1.165, 1.54) is 24.9 Å². The Morgan fingerprint density at radius 3 is 2.62 bits per heavy atom. The summed E-state index contributed by atoms with van der Waals surface area (Å²) in [6.45, 7) is 13.9. The van der Waals surface area contributed by atoms with Gasteiger partial charge in [0.25, 0.3) is 5.91 Å². The Kier molecular flexibility index (Phi) is 8.93. The van der Waals surface area contributed by atoms with E-state index in [1.807, 2.05) is 6.07 Å². The molecule has 5 atom stereocenters. The standard InChI is InChI=1S/C31H44BN5O8/c1-18(38)42-22-11-9-10-19(26(22)41-8)14-25(32-44-24-16-20-15-23(30(20,5)6)31(24,7)45-32)34-27(39)21-17-37(36-35-21)13-12-33-28(40)43-29(2,3)4/h9-11,17,20,23-25H,12-16H2,1-8H3,(H,33,40)(H,34,39)/t20-,23-,24+,25-,31-/m0/s1. The van der Waals surface area contributed by atoms with Gasteiger partial charge in [0.05, 0.1) is 37.5 Å². The lowest BCUT2D eigenvalue weighted by Crippen LogP contribution is -2.65. The maximum absolute atomic E-state index is 13.6. The number of ether oxygens (including phenoxy) is 3. The summed E-state index contributed by atoms with van der Waals surface area (Å²) >= 11 is 0. The third kappa shape index (κ3) is 6.81. The Morgan fingerprint density at radius 2 is 1.96 bits per heavy atom. The van der Waals surface area contributed by atoms with Gasteiger partial charge in [0.15, 0.2) is 17.2 Å². The first-order valence-corrected chi connectivity index (χ1v) is 15.5. The van der Waals surface area contributed by atoms with Crippen LogP contribution in [0.2, 0.25) is 0 Å². The zero-order valence-electron chi connectivity index (χ0n) is 27.3. The number of hydrogen-bond donors (Lipinski definition) is 2. The van der Waals surface area contributed by atoms with Crippen LogP contribution in [0.15, 0.2) is 24.4 Å². The van der Waals surface area contributed by atoms with E-state index >= 15 is 0 Å². The van der Waals surface area contributed by atoms with Crippen molar-refractivity contribution in [3.63, 3.8) is 0 Å². The van der Waals surface area contributed by atoms with Gasteiger partial charge in [-0.15, -0.1) is 5.10 Å². The lowest BCUT2D eigenvalue weighted by Gasteiger charge is -2.64. The second kappa shape index (κ2) is 12.3. The molecule has 14 heteroatoms. The van der Waals surface area contributed by atoms with Crippen molar-refractivity contribution >= 4 is 25.1 Å². The second-order valence-electron chi connectivity index (χ2n) is 14.0. The van der Waals surface area contributed by atoms with Crippen LogP contribution >= 0.6 is 0 Å². The van der Waals surface area contributed by atoms with Gasteiger partial charge < -0.3 is 34.2 Å². The highest BCUT2D eigenvalue weighted by atomic mass is 16.7. The molecule has 45 heavy (non-hydrogen) atoms. The van der Waals surface area contributed by atoms with Gasteiger partial charge in [-0.05, 0) is 75.8 Å². The molecule has 1 saturated heterocycles. The zero-order chi connectivity index (χ0) is 32.7. The first kappa shape index (κ1) is 32.7. The van der Waals surface area contributed by atoms with E-state index in [9.17, 15) is 14.4 Å². The summed E-state index contributed by atoms with van der Waals surface area (Å²) in [7, 11) is 0.761. The summed E-state index contributed by atoms with van der Waals surface area (Å²) in [4.78, 5) is 37.2. The van der Waals surface area contributed by atoms with Crippen LogP contribution in [0, 0.1) is 17.3 Å². The van der Waals surface area contributed by atoms with Crippen LogP contribution in [0.3, 0.4) is 0 Å². The van der Waals surface area contributed by atoms with Gasteiger partial charge in [-0.1, -0.05) is 31.2 Å². The van der Waals surface area contributed by atoms with Crippen molar-refractivity contribution in [2.75, 3.05) is 13.7 Å². The molecule has 0 spiro atoms. The van der Waals surface area contributed by atoms with Crippen molar-refractivity contribution in [2.24, 2.45) is 17.3 Å². The highest BCUT2D eigenvalue weighted by Gasteiger charge is 2.68. The summed E-state index contributed by atoms with van der Waals surface area (Å²) in [6, 6.07) is 5.27. The highest BCUT2D eigenvalue weighted by molar-refractivity contribution is 6.48. The number of aromatic nitrogens is 3. The predicted octanol–water partition coefficient (Wildman–Crippen LogP) is 3.35. The fourth-order valence-electron chi connectivity index (χ4n) is 7.05. The number of para-hydroxylation sites is 1. The minimum atomic E-state index is -0.741. The van der Waals surface area contributed by atoms with Gasteiger partial charge in [0, 0.05) is 13.5 Å². The molecule has 0 unspecified atom stereocenters. The van der Waals surface area contributed by atoms with Crippen molar-refractivity contribution in [1.29, 1.82) is 0 Å². The lowest BCUT2D eigenvalue weighted by atomic mass is 9.43. The topological polar surface area (TPSA) is 152 Å². The molecule has 4 fully saturated rings. The lowest BCUT2D eigenvalue weighted by molar-refractivity contribution is -0.199. The second-order valence-corrected chi connectivity index (χ2v) is 14.0. The van der Waals surface area contributed by atoms with Gasteiger partial charge >= 0.3 is 19.2 Å². The molecule has 13 nitrogen and oxygen atoms in total. The first-order valence-electron chi connectivity index (χ1n) is 15.5. The molecule has 3 aliphatic carbocycles.